The standard InChI is InChI=1S/C22H18N2O4S/c1-28-21-13-12-19(29(23,26)27)15-20(21)22(25)24-18-9-5-8-17(14-18)11-10-16-6-3-2-4-7-16/h2-9,12-15H,1H3,(H,24,25)(H2,23,26,27). The summed E-state index contributed by atoms with van der Waals surface area (Å²) in [5, 5.41) is 7.88. The smallest absolute Gasteiger partial charge is 0.259 e. The van der Waals surface area contributed by atoms with Crippen LogP contribution in [0.15, 0.2) is 77.7 Å². The van der Waals surface area contributed by atoms with E-state index in [1.54, 1.807) is 18.2 Å². The number of amides is 1. The van der Waals surface area contributed by atoms with Crippen LogP contribution in [0.4, 0.5) is 5.69 Å². The lowest BCUT2D eigenvalue weighted by Crippen LogP contribution is -2.16. The molecule has 0 aliphatic carbocycles. The maximum absolute atomic E-state index is 12.7. The molecule has 3 rings (SSSR count). The first-order valence-electron chi connectivity index (χ1n) is 8.56. The Morgan fingerprint density at radius 1 is 0.931 bits per heavy atom. The zero-order valence-electron chi connectivity index (χ0n) is 15.5. The third kappa shape index (κ3) is 5.23. The number of sulfonamides is 1. The highest BCUT2D eigenvalue weighted by molar-refractivity contribution is 7.89. The van der Waals surface area contributed by atoms with Gasteiger partial charge in [0, 0.05) is 16.8 Å². The summed E-state index contributed by atoms with van der Waals surface area (Å²) in [6.07, 6.45) is 0. The van der Waals surface area contributed by atoms with Gasteiger partial charge in [-0.15, -0.1) is 0 Å². The lowest BCUT2D eigenvalue weighted by Gasteiger charge is -2.11. The Kier molecular flexibility index (Phi) is 5.98. The third-order valence-electron chi connectivity index (χ3n) is 3.99. The van der Waals surface area contributed by atoms with Crippen molar-refractivity contribution in [3.05, 3.63) is 89.5 Å². The van der Waals surface area contributed by atoms with E-state index in [0.717, 1.165) is 11.1 Å². The van der Waals surface area contributed by atoms with Gasteiger partial charge in [-0.25, -0.2) is 13.6 Å². The molecule has 0 fully saturated rings. The molecule has 0 radical (unpaired) electrons. The van der Waals surface area contributed by atoms with Gasteiger partial charge in [0.05, 0.1) is 17.6 Å². The topological polar surface area (TPSA) is 98.5 Å². The number of primary sulfonamides is 1. The molecule has 0 aliphatic heterocycles. The van der Waals surface area contributed by atoms with E-state index in [9.17, 15) is 13.2 Å². The van der Waals surface area contributed by atoms with Crippen molar-refractivity contribution >= 4 is 21.6 Å². The summed E-state index contributed by atoms with van der Waals surface area (Å²) in [5.74, 6) is 5.80. The molecule has 3 aromatic rings. The van der Waals surface area contributed by atoms with Crippen molar-refractivity contribution in [1.29, 1.82) is 0 Å². The van der Waals surface area contributed by atoms with Gasteiger partial charge >= 0.3 is 0 Å². The van der Waals surface area contributed by atoms with E-state index < -0.39 is 15.9 Å². The number of nitrogens with one attached hydrogen (secondary N) is 1. The Morgan fingerprint density at radius 2 is 1.62 bits per heavy atom. The van der Waals surface area contributed by atoms with Gasteiger partial charge in [0.1, 0.15) is 5.75 Å². The summed E-state index contributed by atoms with van der Waals surface area (Å²) < 4.78 is 28.3. The molecule has 0 bridgehead atoms. The predicted molar refractivity (Wildman–Crippen MR) is 111 cm³/mol. The number of benzene rings is 3. The fourth-order valence-electron chi connectivity index (χ4n) is 2.58. The molecule has 29 heavy (non-hydrogen) atoms. The summed E-state index contributed by atoms with van der Waals surface area (Å²) in [5.41, 5.74) is 2.17. The average Bonchev–Trinajstić information content (AvgIpc) is 2.72. The summed E-state index contributed by atoms with van der Waals surface area (Å²) in [6.45, 7) is 0. The van der Waals surface area contributed by atoms with Crippen molar-refractivity contribution in [1.82, 2.24) is 0 Å². The number of methoxy groups -OCH3 is 1. The van der Waals surface area contributed by atoms with E-state index in [-0.39, 0.29) is 16.2 Å². The van der Waals surface area contributed by atoms with E-state index in [0.29, 0.717) is 5.69 Å². The predicted octanol–water partition coefficient (Wildman–Crippen LogP) is 2.99. The van der Waals surface area contributed by atoms with Crippen molar-refractivity contribution in [2.45, 2.75) is 4.90 Å². The number of carbonyl (C=O) groups excluding carboxylic acids is 1. The summed E-state index contributed by atoms with van der Waals surface area (Å²) >= 11 is 0. The number of anilines is 1. The second-order valence-electron chi connectivity index (χ2n) is 6.06. The van der Waals surface area contributed by atoms with Gasteiger partial charge in [-0.3, -0.25) is 4.79 Å². The van der Waals surface area contributed by atoms with Crippen LogP contribution < -0.4 is 15.2 Å². The number of ether oxygens (including phenoxy) is 1. The minimum Gasteiger partial charge on any atom is -0.496 e. The molecule has 6 nitrogen and oxygen atoms in total. The fraction of sp³-hybridized carbons (Fsp3) is 0.0455. The quantitative estimate of drug-likeness (QED) is 0.651. The van der Waals surface area contributed by atoms with Gasteiger partial charge in [0.25, 0.3) is 5.91 Å². The Balaban J connectivity index is 1.86. The molecule has 146 valence electrons. The zero-order chi connectivity index (χ0) is 20.9. The molecule has 7 heteroatoms. The molecule has 0 aromatic heterocycles. The Labute approximate surface area is 169 Å². The van der Waals surface area contributed by atoms with Gasteiger partial charge in [0.15, 0.2) is 0 Å². The van der Waals surface area contributed by atoms with Crippen molar-refractivity contribution in [2.24, 2.45) is 5.14 Å². The molecule has 1 amide bonds. The molecule has 0 saturated heterocycles. The molecule has 0 aliphatic rings. The van der Waals surface area contributed by atoms with E-state index >= 15 is 0 Å². The lowest BCUT2D eigenvalue weighted by atomic mass is 10.1. The Hall–Kier alpha value is -3.60. The van der Waals surface area contributed by atoms with Gasteiger partial charge in [-0.1, -0.05) is 36.1 Å². The highest BCUT2D eigenvalue weighted by Crippen LogP contribution is 2.23. The maximum atomic E-state index is 12.7. The second kappa shape index (κ2) is 8.61. The highest BCUT2D eigenvalue weighted by atomic mass is 32.2. The van der Waals surface area contributed by atoms with E-state index in [4.69, 9.17) is 9.88 Å². The highest BCUT2D eigenvalue weighted by Gasteiger charge is 2.17. The van der Waals surface area contributed by atoms with E-state index in [1.165, 1.54) is 25.3 Å². The number of nitrogens with two attached hydrogens (primary N) is 1. The van der Waals surface area contributed by atoms with Crippen LogP contribution in [-0.4, -0.2) is 21.4 Å². The summed E-state index contributed by atoms with van der Waals surface area (Å²) in [4.78, 5) is 12.5. The van der Waals surface area contributed by atoms with Crippen LogP contribution in [0.3, 0.4) is 0 Å². The van der Waals surface area contributed by atoms with E-state index in [1.807, 2.05) is 36.4 Å². The van der Waals surface area contributed by atoms with Crippen LogP contribution >= 0.6 is 0 Å². The number of carbonyl (C=O) groups is 1. The molecule has 0 spiro atoms. The molecule has 0 atom stereocenters. The molecule has 0 saturated carbocycles. The first-order chi connectivity index (χ1) is 13.9. The molecule has 3 aromatic carbocycles. The fourth-order valence-corrected chi connectivity index (χ4v) is 3.12. The number of hydrogen-bond donors (Lipinski definition) is 2. The largest absolute Gasteiger partial charge is 0.496 e. The Bertz CT molecular complexity index is 1210. The Morgan fingerprint density at radius 3 is 2.31 bits per heavy atom. The zero-order valence-corrected chi connectivity index (χ0v) is 16.4. The summed E-state index contributed by atoms with van der Waals surface area (Å²) in [6, 6.07) is 20.4. The number of hydrogen-bond acceptors (Lipinski definition) is 4. The average molecular weight is 406 g/mol. The van der Waals surface area contributed by atoms with Gasteiger partial charge in [-0.05, 0) is 48.5 Å². The van der Waals surface area contributed by atoms with Gasteiger partial charge < -0.3 is 10.1 Å². The van der Waals surface area contributed by atoms with E-state index in [2.05, 4.69) is 17.2 Å². The third-order valence-corrected chi connectivity index (χ3v) is 4.90. The van der Waals surface area contributed by atoms with Crippen LogP contribution in [0.2, 0.25) is 0 Å². The van der Waals surface area contributed by atoms with Crippen LogP contribution in [0.25, 0.3) is 0 Å². The molecular weight excluding hydrogens is 388 g/mol. The van der Waals surface area contributed by atoms with Crippen LogP contribution in [-0.2, 0) is 10.0 Å². The molecule has 0 unspecified atom stereocenters. The lowest BCUT2D eigenvalue weighted by molar-refractivity contribution is 0.102. The van der Waals surface area contributed by atoms with Crippen molar-refractivity contribution < 1.29 is 17.9 Å². The molecule has 3 N–H and O–H groups in total. The van der Waals surface area contributed by atoms with Gasteiger partial charge in [0.2, 0.25) is 10.0 Å². The maximum Gasteiger partial charge on any atom is 0.259 e. The minimum absolute atomic E-state index is 0.0554. The van der Waals surface area contributed by atoms with Crippen molar-refractivity contribution in [2.75, 3.05) is 12.4 Å². The minimum atomic E-state index is -3.95. The molecule has 0 heterocycles. The second-order valence-corrected chi connectivity index (χ2v) is 7.62. The van der Waals surface area contributed by atoms with Crippen LogP contribution in [0, 0.1) is 11.8 Å². The number of rotatable bonds is 4. The monoisotopic (exact) mass is 406 g/mol. The van der Waals surface area contributed by atoms with Crippen LogP contribution in [0.5, 0.6) is 5.75 Å². The SMILES string of the molecule is COc1ccc(S(N)(=O)=O)cc1C(=O)Nc1cccc(C#Cc2ccccc2)c1. The molecular formula is C22H18N2O4S. The van der Waals surface area contributed by atoms with Gasteiger partial charge in [-0.2, -0.15) is 0 Å². The van der Waals surface area contributed by atoms with Crippen molar-refractivity contribution in [3.63, 3.8) is 0 Å². The first-order valence-corrected chi connectivity index (χ1v) is 10.1. The first kappa shape index (κ1) is 20.1. The van der Waals surface area contributed by atoms with Crippen molar-refractivity contribution in [3.8, 4) is 17.6 Å². The normalized spacial score (nSPS) is 10.6. The van der Waals surface area contributed by atoms with Crippen LogP contribution in [0.1, 0.15) is 21.5 Å². The summed E-state index contributed by atoms with van der Waals surface area (Å²) in [7, 11) is -2.56.